The first-order valence-corrected chi connectivity index (χ1v) is 19.0. The summed E-state index contributed by atoms with van der Waals surface area (Å²) in [5.74, 6) is 0. The van der Waals surface area contributed by atoms with Crippen LogP contribution in [0.5, 0.6) is 0 Å². The average molecular weight is 765 g/mol. The number of halogens is 1. The number of hydrogen-bond acceptors (Lipinski definition) is 0. The lowest BCUT2D eigenvalue weighted by molar-refractivity contribution is 0.658. The molecule has 0 saturated heterocycles. The predicted molar refractivity (Wildman–Crippen MR) is 225 cm³/mol. The fourth-order valence-corrected chi connectivity index (χ4v) is 10.00. The molecule has 0 bridgehead atoms. The van der Waals surface area contributed by atoms with Crippen molar-refractivity contribution in [2.75, 3.05) is 0 Å². The highest BCUT2D eigenvalue weighted by Gasteiger charge is 2.46. The van der Waals surface area contributed by atoms with Crippen LogP contribution in [0.15, 0.2) is 152 Å². The molecule has 2 aliphatic rings. The van der Waals surface area contributed by atoms with E-state index in [9.17, 15) is 0 Å². The monoisotopic (exact) mass is 764 g/mol. The Morgan fingerprint density at radius 2 is 1.00 bits per heavy atom. The second-order valence-electron chi connectivity index (χ2n) is 15.3. The van der Waals surface area contributed by atoms with E-state index >= 15 is 0 Å². The molecule has 0 fully saturated rings. The van der Waals surface area contributed by atoms with Gasteiger partial charge in [-0.3, -0.25) is 0 Å². The maximum Gasteiger partial charge on any atom is 0.0442 e. The maximum absolute atomic E-state index is 2.49. The summed E-state index contributed by atoms with van der Waals surface area (Å²) in [5, 5.41) is 5.13. The molecule has 244 valence electrons. The van der Waals surface area contributed by atoms with Gasteiger partial charge < -0.3 is 0 Å². The number of benzene rings is 8. The van der Waals surface area contributed by atoms with Gasteiger partial charge in [-0.05, 0) is 161 Å². The van der Waals surface area contributed by atoms with E-state index < -0.39 is 0 Å². The van der Waals surface area contributed by atoms with Gasteiger partial charge in [0.15, 0.2) is 0 Å². The van der Waals surface area contributed by atoms with E-state index in [0.29, 0.717) is 0 Å². The Kier molecular flexibility index (Phi) is 6.65. The van der Waals surface area contributed by atoms with E-state index in [1.807, 2.05) is 0 Å². The van der Waals surface area contributed by atoms with Gasteiger partial charge in [-0.1, -0.05) is 141 Å². The third kappa shape index (κ3) is 4.44. The molecule has 8 aromatic carbocycles. The van der Waals surface area contributed by atoms with E-state index in [4.69, 9.17) is 0 Å². The molecule has 51 heavy (non-hydrogen) atoms. The summed E-state index contributed by atoms with van der Waals surface area (Å²) in [6.07, 6.45) is 0. The number of fused-ring (bicyclic) bond motifs is 8. The van der Waals surface area contributed by atoms with Gasteiger partial charge in [-0.15, -0.1) is 0 Å². The van der Waals surface area contributed by atoms with Crippen LogP contribution in [0.4, 0.5) is 0 Å². The van der Waals surface area contributed by atoms with Crippen molar-refractivity contribution in [1.29, 1.82) is 0 Å². The van der Waals surface area contributed by atoms with Gasteiger partial charge in [-0.25, -0.2) is 0 Å². The molecule has 0 amide bonds. The topological polar surface area (TPSA) is 0 Å². The molecule has 0 saturated carbocycles. The fourth-order valence-electron chi connectivity index (χ4n) is 9.48. The van der Waals surface area contributed by atoms with Gasteiger partial charge in [0.25, 0.3) is 0 Å². The minimum atomic E-state index is -0.339. The first-order valence-electron chi connectivity index (χ1n) is 17.9. The van der Waals surface area contributed by atoms with Crippen molar-refractivity contribution in [3.63, 3.8) is 0 Å². The molecule has 2 aliphatic carbocycles. The molecule has 0 spiro atoms. The van der Waals surface area contributed by atoms with Crippen LogP contribution in [0.3, 0.4) is 0 Å². The Labute approximate surface area is 314 Å². The van der Waals surface area contributed by atoms with Crippen molar-refractivity contribution in [3.8, 4) is 44.5 Å². The fraction of sp³-hybridized carbons (Fsp3) is 0.120. The Morgan fingerprint density at radius 1 is 0.412 bits per heavy atom. The minimum absolute atomic E-state index is 0.167. The summed E-state index contributed by atoms with van der Waals surface area (Å²) < 4.78 is 1.26. The van der Waals surface area contributed by atoms with Gasteiger partial charge in [0.2, 0.25) is 0 Å². The van der Waals surface area contributed by atoms with E-state index in [0.717, 1.165) is 0 Å². The van der Waals surface area contributed by atoms with Crippen LogP contribution in [-0.4, -0.2) is 0 Å². The van der Waals surface area contributed by atoms with Crippen LogP contribution in [0, 0.1) is 10.5 Å². The minimum Gasteiger partial charge on any atom is -0.0619 e. The zero-order chi connectivity index (χ0) is 34.6. The number of rotatable bonds is 3. The lowest BCUT2D eigenvalue weighted by Gasteiger charge is -2.31. The van der Waals surface area contributed by atoms with Crippen LogP contribution in [0.1, 0.15) is 54.2 Å². The molecule has 1 heteroatoms. The van der Waals surface area contributed by atoms with Gasteiger partial charge in [0.05, 0.1) is 0 Å². The SMILES string of the molecule is Cc1ccc2ccc(-c3ccc4c(c3)C(C)(c3cccc5c3-c3cccc(-c6ccc7ccc(I)cc7c6)c3C5(C)C)c3ccccc3-4)cc2c1. The Hall–Kier alpha value is -4.99. The highest BCUT2D eigenvalue weighted by Crippen LogP contribution is 2.60. The second kappa shape index (κ2) is 11.0. The summed E-state index contributed by atoms with van der Waals surface area (Å²) in [5.41, 5.74) is 18.3. The molecule has 8 aromatic rings. The summed E-state index contributed by atoms with van der Waals surface area (Å²) in [6, 6.07) is 57.7. The van der Waals surface area contributed by atoms with E-state index in [1.165, 1.54) is 103 Å². The molecule has 0 radical (unpaired) electrons. The molecule has 0 N–H and O–H groups in total. The summed E-state index contributed by atoms with van der Waals surface area (Å²) in [6.45, 7) is 9.49. The second-order valence-corrected chi connectivity index (χ2v) is 16.5. The molecule has 0 aliphatic heterocycles. The lowest BCUT2D eigenvalue weighted by Crippen LogP contribution is -2.24. The van der Waals surface area contributed by atoms with Crippen molar-refractivity contribution in [2.45, 2.75) is 38.5 Å². The zero-order valence-electron chi connectivity index (χ0n) is 29.3. The number of aryl methyl sites for hydroxylation is 1. The van der Waals surface area contributed by atoms with Gasteiger partial charge >= 0.3 is 0 Å². The number of hydrogen-bond donors (Lipinski definition) is 0. The Morgan fingerprint density at radius 3 is 1.86 bits per heavy atom. The molecule has 1 unspecified atom stereocenters. The van der Waals surface area contributed by atoms with Crippen molar-refractivity contribution >= 4 is 44.1 Å². The van der Waals surface area contributed by atoms with Crippen molar-refractivity contribution in [1.82, 2.24) is 0 Å². The standard InChI is InChI=1S/C50H37I/c1-30-15-16-31-17-19-33(26-36(31)25-30)34-22-24-41-40-9-5-6-12-43(40)50(4,46(41)29-34)45-14-8-13-44-47(45)42-11-7-10-39(48(42)49(44,2)3)35-20-18-32-21-23-38(51)28-37(32)27-35/h5-29H,1-4H3. The highest BCUT2D eigenvalue weighted by molar-refractivity contribution is 14.1. The quantitative estimate of drug-likeness (QED) is 0.157. The van der Waals surface area contributed by atoms with Crippen molar-refractivity contribution in [3.05, 3.63) is 189 Å². The van der Waals surface area contributed by atoms with Crippen molar-refractivity contribution < 1.29 is 0 Å². The van der Waals surface area contributed by atoms with Crippen LogP contribution in [-0.2, 0) is 10.8 Å². The van der Waals surface area contributed by atoms with Crippen molar-refractivity contribution in [2.24, 2.45) is 0 Å². The molecule has 0 aromatic heterocycles. The smallest absolute Gasteiger partial charge is 0.0442 e. The first kappa shape index (κ1) is 30.8. The van der Waals surface area contributed by atoms with Gasteiger partial charge in [0, 0.05) is 14.4 Å². The average Bonchev–Trinajstić information content (AvgIpc) is 3.55. The first-order chi connectivity index (χ1) is 24.7. The van der Waals surface area contributed by atoms with E-state index in [-0.39, 0.29) is 10.8 Å². The molecular weight excluding hydrogens is 727 g/mol. The van der Waals surface area contributed by atoms with E-state index in [2.05, 4.69) is 202 Å². The van der Waals surface area contributed by atoms with Gasteiger partial charge in [-0.2, -0.15) is 0 Å². The summed E-state index contributed by atoms with van der Waals surface area (Å²) >= 11 is 2.42. The Balaban J connectivity index is 1.20. The third-order valence-corrected chi connectivity index (χ3v) is 12.7. The highest BCUT2D eigenvalue weighted by atomic mass is 127. The van der Waals surface area contributed by atoms with Crippen LogP contribution in [0.2, 0.25) is 0 Å². The molecular formula is C50H37I. The largest absolute Gasteiger partial charge is 0.0619 e. The Bertz CT molecular complexity index is 2760. The maximum atomic E-state index is 2.49. The molecule has 10 rings (SSSR count). The normalized spacial score (nSPS) is 16.6. The summed E-state index contributed by atoms with van der Waals surface area (Å²) in [7, 11) is 0. The summed E-state index contributed by atoms with van der Waals surface area (Å²) in [4.78, 5) is 0. The molecule has 1 atom stereocenters. The lowest BCUT2D eigenvalue weighted by atomic mass is 9.70. The molecule has 0 nitrogen and oxygen atoms in total. The predicted octanol–water partition coefficient (Wildman–Crippen LogP) is 13.9. The van der Waals surface area contributed by atoms with E-state index in [1.54, 1.807) is 0 Å². The third-order valence-electron chi connectivity index (χ3n) is 12.0. The van der Waals surface area contributed by atoms with Crippen LogP contribution in [0.25, 0.3) is 66.1 Å². The van der Waals surface area contributed by atoms with Crippen LogP contribution < -0.4 is 0 Å². The van der Waals surface area contributed by atoms with Crippen LogP contribution >= 0.6 is 22.6 Å². The zero-order valence-corrected chi connectivity index (χ0v) is 31.5. The van der Waals surface area contributed by atoms with Gasteiger partial charge in [0.1, 0.15) is 0 Å². The molecule has 0 heterocycles.